The van der Waals surface area contributed by atoms with Gasteiger partial charge < -0.3 is 4.74 Å². The lowest BCUT2D eigenvalue weighted by Crippen LogP contribution is -2.29. The van der Waals surface area contributed by atoms with Crippen molar-refractivity contribution in [1.82, 2.24) is 29.0 Å². The molecule has 0 fully saturated rings. The van der Waals surface area contributed by atoms with Crippen LogP contribution in [0.4, 0.5) is 0 Å². The molecule has 0 unspecified atom stereocenters. The lowest BCUT2D eigenvalue weighted by atomic mass is 10.0. The third-order valence-corrected chi connectivity index (χ3v) is 7.44. The van der Waals surface area contributed by atoms with E-state index in [2.05, 4.69) is 32.1 Å². The van der Waals surface area contributed by atoms with Crippen LogP contribution in [0.15, 0.2) is 59.9 Å². The van der Waals surface area contributed by atoms with Gasteiger partial charge >= 0.3 is 5.69 Å². The number of rotatable bonds is 5. The molecule has 0 N–H and O–H groups in total. The maximum atomic E-state index is 13.3. The number of aromatic nitrogens is 5. The van der Waals surface area contributed by atoms with Crippen LogP contribution in [0.25, 0.3) is 15.9 Å². The second-order valence-electron chi connectivity index (χ2n) is 8.21. The van der Waals surface area contributed by atoms with E-state index in [0.717, 1.165) is 47.6 Å². The van der Waals surface area contributed by atoms with Gasteiger partial charge in [-0.2, -0.15) is 9.61 Å². The van der Waals surface area contributed by atoms with E-state index in [-0.39, 0.29) is 5.69 Å². The molecular weight excluding hydrogens is 436 g/mol. The Kier molecular flexibility index (Phi) is 4.92. The standard InChI is InChI=1S/C24H22N6O2S/c1-32-18-4-2-16(3-5-18)13-29-23-21(22-26-15-27-30(22)24(29)31)19-8-11-28(14-20(19)33-23)12-17-6-9-25-10-7-17/h2-7,9-10,15H,8,11-14H2,1H3. The van der Waals surface area contributed by atoms with Gasteiger partial charge in [-0.15, -0.1) is 11.3 Å². The van der Waals surface area contributed by atoms with Crippen molar-refractivity contribution < 1.29 is 4.74 Å². The first-order chi connectivity index (χ1) is 16.2. The van der Waals surface area contributed by atoms with E-state index in [9.17, 15) is 4.79 Å². The van der Waals surface area contributed by atoms with Crippen LogP contribution in [-0.4, -0.2) is 42.7 Å². The van der Waals surface area contributed by atoms with E-state index < -0.39 is 0 Å². The third kappa shape index (κ3) is 3.49. The SMILES string of the molecule is COc1ccc(Cn2c(=O)n3ncnc3c3c4c(sc32)CN(Cc2ccncc2)CC4)cc1. The van der Waals surface area contributed by atoms with E-state index >= 15 is 0 Å². The normalized spacial score (nSPS) is 14.1. The van der Waals surface area contributed by atoms with Crippen LogP contribution in [-0.2, 0) is 26.1 Å². The average molecular weight is 459 g/mol. The van der Waals surface area contributed by atoms with Crippen LogP contribution in [0.3, 0.4) is 0 Å². The van der Waals surface area contributed by atoms with E-state index in [1.807, 2.05) is 41.2 Å². The average Bonchev–Trinajstić information content (AvgIpc) is 3.47. The Morgan fingerprint density at radius 1 is 1.06 bits per heavy atom. The van der Waals surface area contributed by atoms with Gasteiger partial charge in [-0.1, -0.05) is 12.1 Å². The number of pyridine rings is 1. The third-order valence-electron chi connectivity index (χ3n) is 6.20. The summed E-state index contributed by atoms with van der Waals surface area (Å²) in [6.45, 7) is 3.16. The zero-order chi connectivity index (χ0) is 22.4. The summed E-state index contributed by atoms with van der Waals surface area (Å²) in [5.41, 5.74) is 4.07. The van der Waals surface area contributed by atoms with Crippen LogP contribution >= 0.6 is 11.3 Å². The van der Waals surface area contributed by atoms with E-state index in [4.69, 9.17) is 4.74 Å². The molecule has 0 amide bonds. The molecule has 0 aliphatic carbocycles. The molecule has 0 saturated carbocycles. The van der Waals surface area contributed by atoms with Gasteiger partial charge in [0.05, 0.1) is 19.0 Å². The van der Waals surface area contributed by atoms with Crippen LogP contribution < -0.4 is 10.4 Å². The molecule has 0 atom stereocenters. The Labute approximate surface area is 193 Å². The van der Waals surface area contributed by atoms with Crippen molar-refractivity contribution in [3.05, 3.63) is 87.2 Å². The molecule has 5 heterocycles. The molecule has 0 bridgehead atoms. The van der Waals surface area contributed by atoms with E-state index in [0.29, 0.717) is 12.2 Å². The molecule has 9 heteroatoms. The van der Waals surface area contributed by atoms with Gasteiger partial charge in [-0.3, -0.25) is 14.5 Å². The van der Waals surface area contributed by atoms with Gasteiger partial charge in [0, 0.05) is 36.9 Å². The fourth-order valence-electron chi connectivity index (χ4n) is 4.55. The number of methoxy groups -OCH3 is 1. The van der Waals surface area contributed by atoms with Gasteiger partial charge in [0.1, 0.15) is 16.9 Å². The number of nitrogens with zero attached hydrogens (tertiary/aromatic N) is 6. The Morgan fingerprint density at radius 2 is 1.85 bits per heavy atom. The summed E-state index contributed by atoms with van der Waals surface area (Å²) in [7, 11) is 1.65. The summed E-state index contributed by atoms with van der Waals surface area (Å²) in [5, 5.41) is 5.30. The van der Waals surface area contributed by atoms with E-state index in [1.165, 1.54) is 26.8 Å². The summed E-state index contributed by atoms with van der Waals surface area (Å²) in [6.07, 6.45) is 6.06. The number of ether oxygens (including phenoxy) is 1. The van der Waals surface area contributed by atoms with E-state index in [1.54, 1.807) is 18.4 Å². The van der Waals surface area contributed by atoms with Crippen LogP contribution in [0.5, 0.6) is 5.75 Å². The Bertz CT molecular complexity index is 1500. The highest BCUT2D eigenvalue weighted by atomic mass is 32.1. The number of hydrogen-bond acceptors (Lipinski definition) is 7. The zero-order valence-corrected chi connectivity index (χ0v) is 19.0. The van der Waals surface area contributed by atoms with Crippen molar-refractivity contribution in [3.8, 4) is 5.75 Å². The molecule has 1 aliphatic rings. The van der Waals surface area contributed by atoms with Crippen LogP contribution in [0.2, 0.25) is 0 Å². The minimum atomic E-state index is -0.168. The highest BCUT2D eigenvalue weighted by Crippen LogP contribution is 2.37. The van der Waals surface area contributed by atoms with Crippen LogP contribution in [0.1, 0.15) is 21.6 Å². The van der Waals surface area contributed by atoms with Crippen molar-refractivity contribution in [2.24, 2.45) is 0 Å². The lowest BCUT2D eigenvalue weighted by molar-refractivity contribution is 0.249. The fourth-order valence-corrected chi connectivity index (χ4v) is 5.93. The summed E-state index contributed by atoms with van der Waals surface area (Å²) in [5.74, 6) is 0.795. The van der Waals surface area contributed by atoms with Crippen LogP contribution in [0, 0.1) is 0 Å². The fraction of sp³-hybridized carbons (Fsp3) is 0.250. The molecule has 8 nitrogen and oxygen atoms in total. The predicted octanol–water partition coefficient (Wildman–Crippen LogP) is 3.12. The number of thiophene rings is 1. The quantitative estimate of drug-likeness (QED) is 0.403. The Balaban J connectivity index is 1.43. The first-order valence-electron chi connectivity index (χ1n) is 10.8. The van der Waals surface area contributed by atoms with Gasteiger partial charge in [-0.05, 0) is 47.4 Å². The minimum Gasteiger partial charge on any atom is -0.497 e. The molecule has 0 spiro atoms. The topological polar surface area (TPSA) is 77.5 Å². The first-order valence-corrected chi connectivity index (χ1v) is 11.6. The van der Waals surface area contributed by atoms with Crippen molar-refractivity contribution >= 4 is 27.2 Å². The number of benzene rings is 1. The number of fused-ring (bicyclic) bond motifs is 5. The van der Waals surface area contributed by atoms with Crippen molar-refractivity contribution in [3.63, 3.8) is 0 Å². The molecule has 0 radical (unpaired) electrons. The first kappa shape index (κ1) is 20.1. The maximum absolute atomic E-state index is 13.3. The second-order valence-corrected chi connectivity index (χ2v) is 9.30. The molecule has 1 aromatic carbocycles. The van der Waals surface area contributed by atoms with Gasteiger partial charge in [0.2, 0.25) is 0 Å². The van der Waals surface area contributed by atoms with Gasteiger partial charge in [0.25, 0.3) is 0 Å². The lowest BCUT2D eigenvalue weighted by Gasteiger charge is -2.26. The Hall–Kier alpha value is -3.56. The molecule has 6 rings (SSSR count). The smallest absolute Gasteiger partial charge is 0.352 e. The summed E-state index contributed by atoms with van der Waals surface area (Å²) in [4.78, 5) is 26.6. The zero-order valence-electron chi connectivity index (χ0n) is 18.1. The number of hydrogen-bond donors (Lipinski definition) is 0. The highest BCUT2D eigenvalue weighted by molar-refractivity contribution is 7.19. The summed E-state index contributed by atoms with van der Waals surface area (Å²) >= 11 is 1.70. The highest BCUT2D eigenvalue weighted by Gasteiger charge is 2.26. The minimum absolute atomic E-state index is 0.168. The van der Waals surface area contributed by atoms with Gasteiger partial charge in [0.15, 0.2) is 5.65 Å². The van der Waals surface area contributed by atoms with Crippen molar-refractivity contribution in [2.75, 3.05) is 13.7 Å². The molecule has 166 valence electrons. The molecule has 4 aromatic heterocycles. The van der Waals surface area contributed by atoms with Crippen molar-refractivity contribution in [1.29, 1.82) is 0 Å². The summed E-state index contributed by atoms with van der Waals surface area (Å²) < 4.78 is 8.53. The molecular formula is C24H22N6O2S. The molecule has 5 aromatic rings. The maximum Gasteiger partial charge on any atom is 0.352 e. The molecule has 33 heavy (non-hydrogen) atoms. The second kappa shape index (κ2) is 8.09. The monoisotopic (exact) mass is 458 g/mol. The molecule has 0 saturated heterocycles. The molecule has 1 aliphatic heterocycles. The largest absolute Gasteiger partial charge is 0.497 e. The summed E-state index contributed by atoms with van der Waals surface area (Å²) in [6, 6.07) is 11.9. The van der Waals surface area contributed by atoms with Gasteiger partial charge in [-0.25, -0.2) is 9.78 Å². The van der Waals surface area contributed by atoms with Crippen molar-refractivity contribution in [2.45, 2.75) is 26.1 Å². The Morgan fingerprint density at radius 3 is 2.64 bits per heavy atom. The predicted molar refractivity (Wildman–Crippen MR) is 127 cm³/mol.